The number of furan rings is 1. The van der Waals surface area contributed by atoms with E-state index in [1.54, 1.807) is 0 Å². The lowest BCUT2D eigenvalue weighted by molar-refractivity contribution is -0.137. The minimum Gasteiger partial charge on any atom is -0.481 e. The molecule has 0 unspecified atom stereocenters. The molecule has 17 heavy (non-hydrogen) atoms. The number of aliphatic carboxylic acids is 1. The van der Waals surface area contributed by atoms with E-state index in [-0.39, 0.29) is 35.9 Å². The third-order valence-corrected chi connectivity index (χ3v) is 2.44. The van der Waals surface area contributed by atoms with Crippen LogP contribution in [0.4, 0.5) is 0 Å². The summed E-state index contributed by atoms with van der Waals surface area (Å²) in [6.07, 6.45) is -0.0988. The maximum absolute atomic E-state index is 12.0. The van der Waals surface area contributed by atoms with Crippen LogP contribution in [-0.4, -0.2) is 34.5 Å². The Morgan fingerprint density at radius 2 is 2.12 bits per heavy atom. The quantitative estimate of drug-likeness (QED) is 0.880. The molecule has 1 amide bonds. The Bertz CT molecular complexity index is 413. The molecular formula is C11H14ClNO4. The predicted octanol–water partition coefficient (Wildman–Crippen LogP) is 2.26. The number of carbonyl (C=O) groups is 2. The molecule has 0 radical (unpaired) electrons. The molecule has 1 rings (SSSR count). The summed E-state index contributed by atoms with van der Waals surface area (Å²) in [5, 5.41) is 8.75. The number of carboxylic acid groups (broad SMARTS) is 1. The van der Waals surface area contributed by atoms with Crippen LogP contribution in [0.2, 0.25) is 5.22 Å². The molecule has 5 nitrogen and oxygen atoms in total. The second kappa shape index (κ2) is 5.72. The monoisotopic (exact) mass is 259 g/mol. The predicted molar refractivity (Wildman–Crippen MR) is 62.1 cm³/mol. The van der Waals surface area contributed by atoms with Crippen molar-refractivity contribution in [2.75, 3.05) is 6.54 Å². The van der Waals surface area contributed by atoms with E-state index >= 15 is 0 Å². The maximum atomic E-state index is 12.0. The highest BCUT2D eigenvalue weighted by molar-refractivity contribution is 6.29. The molecule has 94 valence electrons. The normalized spacial score (nSPS) is 10.6. The van der Waals surface area contributed by atoms with Crippen molar-refractivity contribution in [1.29, 1.82) is 0 Å². The minimum atomic E-state index is -0.944. The third-order valence-electron chi connectivity index (χ3n) is 2.23. The fourth-order valence-electron chi connectivity index (χ4n) is 1.38. The lowest BCUT2D eigenvalue weighted by Crippen LogP contribution is -2.38. The molecule has 0 aromatic carbocycles. The van der Waals surface area contributed by atoms with Gasteiger partial charge in [-0.25, -0.2) is 0 Å². The highest BCUT2D eigenvalue weighted by atomic mass is 35.5. The summed E-state index contributed by atoms with van der Waals surface area (Å²) in [5.74, 6) is -1.18. The van der Waals surface area contributed by atoms with E-state index in [0.29, 0.717) is 0 Å². The zero-order valence-corrected chi connectivity index (χ0v) is 10.4. The second-order valence-electron chi connectivity index (χ2n) is 3.84. The van der Waals surface area contributed by atoms with Gasteiger partial charge in [0.15, 0.2) is 11.0 Å². The average Bonchev–Trinajstić information content (AvgIpc) is 2.63. The van der Waals surface area contributed by atoms with E-state index in [4.69, 9.17) is 21.1 Å². The van der Waals surface area contributed by atoms with Crippen LogP contribution in [-0.2, 0) is 4.79 Å². The zero-order chi connectivity index (χ0) is 13.0. The van der Waals surface area contributed by atoms with Crippen LogP contribution in [0.1, 0.15) is 30.8 Å². The molecule has 0 aliphatic carbocycles. The molecule has 0 bridgehead atoms. The molecule has 0 saturated carbocycles. The first-order chi connectivity index (χ1) is 7.91. The highest BCUT2D eigenvalue weighted by Gasteiger charge is 2.22. The van der Waals surface area contributed by atoms with E-state index in [2.05, 4.69) is 0 Å². The number of halogens is 1. The number of rotatable bonds is 5. The molecule has 1 N–H and O–H groups in total. The molecule has 0 saturated heterocycles. The number of carboxylic acids is 1. The molecular weight excluding hydrogens is 246 g/mol. The van der Waals surface area contributed by atoms with E-state index in [0.717, 1.165) is 0 Å². The standard InChI is InChI=1S/C11H14ClNO4/c1-7(2)13(6-5-10(14)15)11(16)8-3-4-9(12)17-8/h3-4,7H,5-6H2,1-2H3,(H,14,15). The van der Waals surface area contributed by atoms with E-state index in [9.17, 15) is 9.59 Å². The Balaban J connectivity index is 2.77. The first kappa shape index (κ1) is 13.6. The Labute approximate surface area is 104 Å². The van der Waals surface area contributed by atoms with Crippen molar-refractivity contribution in [1.82, 2.24) is 4.90 Å². The molecule has 0 aliphatic rings. The van der Waals surface area contributed by atoms with Gasteiger partial charge in [-0.15, -0.1) is 0 Å². The molecule has 0 spiro atoms. The Kier molecular flexibility index (Phi) is 4.57. The summed E-state index contributed by atoms with van der Waals surface area (Å²) in [7, 11) is 0. The second-order valence-corrected chi connectivity index (χ2v) is 4.21. The summed E-state index contributed by atoms with van der Waals surface area (Å²) in [5.41, 5.74) is 0. The molecule has 0 atom stereocenters. The first-order valence-electron chi connectivity index (χ1n) is 5.20. The number of hydrogen-bond donors (Lipinski definition) is 1. The van der Waals surface area contributed by atoms with Crippen molar-refractivity contribution in [3.63, 3.8) is 0 Å². The molecule has 0 fully saturated rings. The summed E-state index contributed by atoms with van der Waals surface area (Å²) in [6, 6.07) is 2.84. The van der Waals surface area contributed by atoms with Crippen LogP contribution in [0, 0.1) is 0 Å². The van der Waals surface area contributed by atoms with Crippen molar-refractivity contribution in [3.05, 3.63) is 23.1 Å². The van der Waals surface area contributed by atoms with Gasteiger partial charge in [-0.2, -0.15) is 0 Å². The van der Waals surface area contributed by atoms with Gasteiger partial charge in [-0.3, -0.25) is 9.59 Å². The van der Waals surface area contributed by atoms with Gasteiger partial charge in [0.1, 0.15) is 0 Å². The minimum absolute atomic E-state index is 0.0988. The van der Waals surface area contributed by atoms with Gasteiger partial charge in [0.25, 0.3) is 5.91 Å². The van der Waals surface area contributed by atoms with Gasteiger partial charge in [-0.05, 0) is 37.6 Å². The lowest BCUT2D eigenvalue weighted by atomic mass is 10.2. The summed E-state index contributed by atoms with van der Waals surface area (Å²) in [4.78, 5) is 23.9. The highest BCUT2D eigenvalue weighted by Crippen LogP contribution is 2.16. The van der Waals surface area contributed by atoms with Gasteiger partial charge in [0, 0.05) is 12.6 Å². The van der Waals surface area contributed by atoms with E-state index in [1.807, 2.05) is 13.8 Å². The fourth-order valence-corrected chi connectivity index (χ4v) is 1.53. The lowest BCUT2D eigenvalue weighted by Gasteiger charge is -2.25. The molecule has 1 aromatic rings. The first-order valence-corrected chi connectivity index (χ1v) is 5.57. The average molecular weight is 260 g/mol. The van der Waals surface area contributed by atoms with Crippen molar-refractivity contribution in [3.8, 4) is 0 Å². The van der Waals surface area contributed by atoms with Gasteiger partial charge < -0.3 is 14.4 Å². The van der Waals surface area contributed by atoms with Gasteiger partial charge in [-0.1, -0.05) is 0 Å². The van der Waals surface area contributed by atoms with Crippen LogP contribution in [0.15, 0.2) is 16.5 Å². The summed E-state index contributed by atoms with van der Waals surface area (Å²) < 4.78 is 5.01. The van der Waals surface area contributed by atoms with Gasteiger partial charge in [0.2, 0.25) is 0 Å². The van der Waals surface area contributed by atoms with Crippen LogP contribution >= 0.6 is 11.6 Å². The van der Waals surface area contributed by atoms with Crippen molar-refractivity contribution < 1.29 is 19.1 Å². The van der Waals surface area contributed by atoms with Crippen LogP contribution < -0.4 is 0 Å². The largest absolute Gasteiger partial charge is 0.481 e. The molecule has 1 heterocycles. The number of amides is 1. The number of hydrogen-bond acceptors (Lipinski definition) is 3. The van der Waals surface area contributed by atoms with Crippen molar-refractivity contribution in [2.24, 2.45) is 0 Å². The van der Waals surface area contributed by atoms with Crippen LogP contribution in [0.25, 0.3) is 0 Å². The number of nitrogens with zero attached hydrogens (tertiary/aromatic N) is 1. The molecule has 1 aromatic heterocycles. The Morgan fingerprint density at radius 1 is 1.47 bits per heavy atom. The Morgan fingerprint density at radius 3 is 2.53 bits per heavy atom. The Hall–Kier alpha value is -1.49. The smallest absolute Gasteiger partial charge is 0.305 e. The van der Waals surface area contributed by atoms with Gasteiger partial charge in [0.05, 0.1) is 6.42 Å². The topological polar surface area (TPSA) is 70.8 Å². The summed E-state index contributed by atoms with van der Waals surface area (Å²) in [6.45, 7) is 3.76. The van der Waals surface area contributed by atoms with Crippen molar-refractivity contribution in [2.45, 2.75) is 26.3 Å². The SMILES string of the molecule is CC(C)N(CCC(=O)O)C(=O)c1ccc(Cl)o1. The zero-order valence-electron chi connectivity index (χ0n) is 9.64. The van der Waals surface area contributed by atoms with E-state index < -0.39 is 5.97 Å². The maximum Gasteiger partial charge on any atom is 0.305 e. The summed E-state index contributed by atoms with van der Waals surface area (Å²) >= 11 is 5.58. The number of carbonyl (C=O) groups excluding carboxylic acids is 1. The van der Waals surface area contributed by atoms with Crippen LogP contribution in [0.5, 0.6) is 0 Å². The van der Waals surface area contributed by atoms with Crippen LogP contribution in [0.3, 0.4) is 0 Å². The van der Waals surface area contributed by atoms with E-state index in [1.165, 1.54) is 17.0 Å². The molecule has 0 aliphatic heterocycles. The fraction of sp³-hybridized carbons (Fsp3) is 0.455. The van der Waals surface area contributed by atoms with Crippen molar-refractivity contribution >= 4 is 23.5 Å². The van der Waals surface area contributed by atoms with Gasteiger partial charge >= 0.3 is 5.97 Å². The third kappa shape index (κ3) is 3.78. The molecule has 6 heteroatoms.